The van der Waals surface area contributed by atoms with Crippen LogP contribution in [0.2, 0.25) is 0 Å². The quantitative estimate of drug-likeness (QED) is 0.152. The van der Waals surface area contributed by atoms with Crippen molar-refractivity contribution in [3.63, 3.8) is 0 Å². The molecule has 0 aromatic rings. The summed E-state index contributed by atoms with van der Waals surface area (Å²) < 4.78 is 14.9. The number of allylic oxidation sites excluding steroid dienone is 1. The van der Waals surface area contributed by atoms with E-state index in [9.17, 15) is 14.4 Å². The van der Waals surface area contributed by atoms with Gasteiger partial charge in [-0.2, -0.15) is 0 Å². The Kier molecular flexibility index (Phi) is 24.6. The topological polar surface area (TPSA) is 174 Å². The summed E-state index contributed by atoms with van der Waals surface area (Å²) in [5.74, 6) is 0. The average Bonchev–Trinajstić information content (AvgIpc) is 2.51. The van der Waals surface area contributed by atoms with Crippen molar-refractivity contribution in [2.45, 2.75) is 13.0 Å². The lowest BCUT2D eigenvalue weighted by molar-refractivity contribution is -0.870. The standard InChI is InChI=1S/2C5H14NO.C3H7O4P.C3H8O3/c2*1-6(2,3)4-5-7;1-2-3-7-8(4,5)6;4-1-3(6)2-5/h2*7H,4-5H2,1-3H3;2-3H,1H3,(H2,4,5,6);3-6H,1-2H2/q2*+1;;/p-2. The van der Waals surface area contributed by atoms with Gasteiger partial charge in [0.1, 0.15) is 27.0 Å². The summed E-state index contributed by atoms with van der Waals surface area (Å²) in [5.41, 5.74) is 0. The first-order valence-electron chi connectivity index (χ1n) is 8.53. The van der Waals surface area contributed by atoms with Gasteiger partial charge in [0.15, 0.2) is 0 Å². The lowest BCUT2D eigenvalue weighted by Crippen LogP contribution is -2.36. The van der Waals surface area contributed by atoms with E-state index in [1.54, 1.807) is 0 Å². The van der Waals surface area contributed by atoms with Crippen LogP contribution in [0.5, 0.6) is 0 Å². The third-order valence-corrected chi connectivity index (χ3v) is 2.67. The highest BCUT2D eigenvalue weighted by atomic mass is 31.2. The van der Waals surface area contributed by atoms with Gasteiger partial charge in [-0.25, -0.2) is 0 Å². The lowest BCUT2D eigenvalue weighted by Gasteiger charge is -2.26. The Morgan fingerprint density at radius 3 is 1.25 bits per heavy atom. The molecule has 0 rings (SSSR count). The predicted molar refractivity (Wildman–Crippen MR) is 104 cm³/mol. The zero-order chi connectivity index (χ0) is 23.4. The molecule has 174 valence electrons. The summed E-state index contributed by atoms with van der Waals surface area (Å²) in [6.07, 6.45) is 1.17. The second kappa shape index (κ2) is 19.7. The van der Waals surface area contributed by atoms with Crippen LogP contribution < -0.4 is 9.79 Å². The molecule has 0 unspecified atom stereocenters. The van der Waals surface area contributed by atoms with Gasteiger partial charge in [0.25, 0.3) is 0 Å². The fraction of sp³-hybridized carbons (Fsp3) is 0.875. The highest BCUT2D eigenvalue weighted by Gasteiger charge is 2.02. The molecule has 0 aromatic heterocycles. The van der Waals surface area contributed by atoms with Crippen LogP contribution in [-0.2, 0) is 9.09 Å². The molecule has 0 radical (unpaired) electrons. The SMILES string of the molecule is CC=COP(=O)([O-])[O-].C[N+](C)(C)CCO.C[N+](C)(C)CCO.OCC(O)CO. The fourth-order valence-electron chi connectivity index (χ4n) is 0.793. The highest BCUT2D eigenvalue weighted by Crippen LogP contribution is 2.24. The van der Waals surface area contributed by atoms with Crippen LogP contribution in [-0.4, -0.2) is 122 Å². The lowest BCUT2D eigenvalue weighted by atomic mass is 10.4. The number of hydrogen-bond acceptors (Lipinski definition) is 9. The zero-order valence-electron chi connectivity index (χ0n) is 18.2. The van der Waals surface area contributed by atoms with Crippen molar-refractivity contribution in [3.8, 4) is 0 Å². The maximum absolute atomic E-state index is 9.59. The van der Waals surface area contributed by atoms with Crippen LogP contribution in [0.25, 0.3) is 0 Å². The van der Waals surface area contributed by atoms with Crippen LogP contribution in [0.3, 0.4) is 0 Å². The van der Waals surface area contributed by atoms with Crippen molar-refractivity contribution >= 4 is 7.82 Å². The first kappa shape index (κ1) is 34.9. The van der Waals surface area contributed by atoms with Gasteiger partial charge in [0.2, 0.25) is 0 Å². The van der Waals surface area contributed by atoms with Gasteiger partial charge in [0.05, 0.1) is 75.0 Å². The van der Waals surface area contributed by atoms with Gasteiger partial charge in [0, 0.05) is 0 Å². The monoisotopic (exact) mass is 436 g/mol. The molecule has 0 heterocycles. The van der Waals surface area contributed by atoms with E-state index in [1.165, 1.54) is 13.0 Å². The van der Waals surface area contributed by atoms with E-state index in [-0.39, 0.29) is 26.4 Å². The molecule has 0 spiro atoms. The molecular formula is C16H41N2O9P. The Morgan fingerprint density at radius 2 is 1.21 bits per heavy atom. The minimum absolute atomic E-state index is 0.281. The van der Waals surface area contributed by atoms with E-state index < -0.39 is 13.9 Å². The second-order valence-corrected chi connectivity index (χ2v) is 8.62. The molecule has 0 bridgehead atoms. The molecule has 0 fully saturated rings. The Labute approximate surface area is 169 Å². The van der Waals surface area contributed by atoms with E-state index in [4.69, 9.17) is 25.5 Å². The number of quaternary nitrogens is 2. The molecule has 12 heteroatoms. The largest absolute Gasteiger partial charge is 0.780 e. The zero-order valence-corrected chi connectivity index (χ0v) is 19.1. The van der Waals surface area contributed by atoms with E-state index >= 15 is 0 Å². The number of likely N-dealkylation sites (N-methyl/N-ethyl adjacent to an activating group) is 2. The van der Waals surface area contributed by atoms with Gasteiger partial charge in [-0.1, -0.05) is 6.08 Å². The van der Waals surface area contributed by atoms with Crippen molar-refractivity contribution in [2.24, 2.45) is 0 Å². The third-order valence-electron chi connectivity index (χ3n) is 2.29. The first-order chi connectivity index (χ1) is 12.5. The Hall–Kier alpha value is -0.590. The van der Waals surface area contributed by atoms with Gasteiger partial charge < -0.3 is 53.4 Å². The van der Waals surface area contributed by atoms with Crippen LogP contribution in [0.1, 0.15) is 6.92 Å². The number of aliphatic hydroxyl groups excluding tert-OH is 5. The summed E-state index contributed by atoms with van der Waals surface area (Å²) in [6.45, 7) is 3.04. The summed E-state index contributed by atoms with van der Waals surface area (Å²) in [5, 5.41) is 40.8. The maximum Gasteiger partial charge on any atom is 0.113 e. The Bertz CT molecular complexity index is 371. The first-order valence-corrected chi connectivity index (χ1v) is 9.99. The van der Waals surface area contributed by atoms with E-state index in [1.807, 2.05) is 0 Å². The Morgan fingerprint density at radius 1 is 0.893 bits per heavy atom. The van der Waals surface area contributed by atoms with Crippen LogP contribution in [0.15, 0.2) is 12.3 Å². The van der Waals surface area contributed by atoms with Crippen molar-refractivity contribution < 1.29 is 53.4 Å². The summed E-state index contributed by atoms with van der Waals surface area (Å²) in [6, 6.07) is 0. The number of phosphoric acid groups is 1. The third kappa shape index (κ3) is 56.2. The summed E-state index contributed by atoms with van der Waals surface area (Å²) in [7, 11) is 7.54. The second-order valence-electron chi connectivity index (χ2n) is 7.52. The molecule has 0 aliphatic carbocycles. The van der Waals surface area contributed by atoms with Crippen LogP contribution in [0, 0.1) is 0 Å². The molecule has 0 saturated carbocycles. The maximum atomic E-state index is 9.59. The number of aliphatic hydroxyl groups is 5. The van der Waals surface area contributed by atoms with Crippen molar-refractivity contribution in [1.29, 1.82) is 0 Å². The minimum atomic E-state index is -4.77. The molecule has 11 nitrogen and oxygen atoms in total. The molecule has 0 saturated heterocycles. The minimum Gasteiger partial charge on any atom is -0.780 e. The normalized spacial score (nSPS) is 11.7. The summed E-state index contributed by atoms with van der Waals surface area (Å²) >= 11 is 0. The van der Waals surface area contributed by atoms with Gasteiger partial charge in [-0.15, -0.1) is 0 Å². The van der Waals surface area contributed by atoms with Crippen LogP contribution in [0.4, 0.5) is 0 Å². The molecule has 5 N–H and O–H groups in total. The molecule has 0 amide bonds. The Balaban J connectivity index is -0.000000138. The average molecular weight is 436 g/mol. The van der Waals surface area contributed by atoms with Gasteiger partial charge >= 0.3 is 0 Å². The van der Waals surface area contributed by atoms with Gasteiger partial charge in [-0.05, 0) is 6.92 Å². The van der Waals surface area contributed by atoms with Crippen LogP contribution >= 0.6 is 7.82 Å². The van der Waals surface area contributed by atoms with E-state index in [0.717, 1.165) is 28.3 Å². The highest BCUT2D eigenvalue weighted by molar-refractivity contribution is 7.43. The van der Waals surface area contributed by atoms with Crippen molar-refractivity contribution in [2.75, 3.05) is 81.8 Å². The predicted octanol–water partition coefficient (Wildman–Crippen LogP) is -2.93. The molecular weight excluding hydrogens is 395 g/mol. The number of rotatable bonds is 8. The molecule has 0 aliphatic rings. The molecule has 0 aromatic carbocycles. The van der Waals surface area contributed by atoms with Crippen molar-refractivity contribution in [3.05, 3.63) is 12.3 Å². The van der Waals surface area contributed by atoms with Gasteiger partial charge in [-0.3, -0.25) is 0 Å². The van der Waals surface area contributed by atoms with Crippen molar-refractivity contribution in [1.82, 2.24) is 0 Å². The molecule has 0 aliphatic heterocycles. The number of nitrogens with zero attached hydrogens (tertiary/aromatic N) is 2. The smallest absolute Gasteiger partial charge is 0.113 e. The van der Waals surface area contributed by atoms with E-state index in [0.29, 0.717) is 0 Å². The molecule has 28 heavy (non-hydrogen) atoms. The fourth-order valence-corrected chi connectivity index (χ4v) is 1.06. The molecule has 0 atom stereocenters. The number of hydrogen-bond donors (Lipinski definition) is 5. The van der Waals surface area contributed by atoms with E-state index in [2.05, 4.69) is 46.8 Å². The summed E-state index contributed by atoms with van der Waals surface area (Å²) in [4.78, 5) is 19.2. The number of phosphoric ester groups is 1.